The largest absolute Gasteiger partial charge is 0.619 e. The van der Waals surface area contributed by atoms with Crippen LogP contribution < -0.4 is 19.5 Å². The smallest absolute Gasteiger partial charge is 0.348 e. The van der Waals surface area contributed by atoms with Crippen molar-refractivity contribution in [2.75, 3.05) is 47.6 Å². The van der Waals surface area contributed by atoms with Crippen LogP contribution in [-0.4, -0.2) is 69.5 Å². The summed E-state index contributed by atoms with van der Waals surface area (Å²) in [6.07, 6.45) is 3.44. The van der Waals surface area contributed by atoms with Crippen LogP contribution in [0.15, 0.2) is 60.2 Å². The Labute approximate surface area is 308 Å². The number of halogens is 2. The van der Waals surface area contributed by atoms with Crippen LogP contribution in [0.5, 0.6) is 11.5 Å². The molecule has 2 atom stereocenters. The average molecular weight is 765 g/mol. The van der Waals surface area contributed by atoms with Gasteiger partial charge in [0.1, 0.15) is 21.0 Å². The van der Waals surface area contributed by atoms with Crippen molar-refractivity contribution in [2.45, 2.75) is 37.5 Å². The number of pyridine rings is 1. The topological polar surface area (TPSA) is 134 Å². The highest BCUT2D eigenvalue weighted by Crippen LogP contribution is 2.36. The van der Waals surface area contributed by atoms with Crippen molar-refractivity contribution in [1.29, 1.82) is 0 Å². The van der Waals surface area contributed by atoms with Gasteiger partial charge in [-0.1, -0.05) is 35.3 Å². The number of esters is 2. The summed E-state index contributed by atoms with van der Waals surface area (Å²) < 4.78 is 23.2. The van der Waals surface area contributed by atoms with Crippen LogP contribution in [0.2, 0.25) is 10.0 Å². The van der Waals surface area contributed by atoms with E-state index in [-0.39, 0.29) is 35.5 Å². The van der Waals surface area contributed by atoms with Gasteiger partial charge >= 0.3 is 11.9 Å². The van der Waals surface area contributed by atoms with Gasteiger partial charge in [-0.2, -0.15) is 4.73 Å². The molecule has 4 aromatic rings. The molecule has 4 heterocycles. The predicted molar refractivity (Wildman–Crippen MR) is 192 cm³/mol. The minimum atomic E-state index is -1.47. The van der Waals surface area contributed by atoms with E-state index in [1.54, 1.807) is 36.4 Å². The van der Waals surface area contributed by atoms with Crippen LogP contribution in [0.4, 0.5) is 0 Å². The first-order valence-electron chi connectivity index (χ1n) is 15.9. The normalized spacial score (nSPS) is 15.6. The van der Waals surface area contributed by atoms with Gasteiger partial charge in [-0.25, -0.2) is 9.59 Å². The van der Waals surface area contributed by atoms with Crippen molar-refractivity contribution in [3.63, 3.8) is 0 Å². The zero-order chi connectivity index (χ0) is 35.8. The summed E-state index contributed by atoms with van der Waals surface area (Å²) in [4.78, 5) is 31.2. The van der Waals surface area contributed by atoms with Crippen molar-refractivity contribution in [3.8, 4) is 11.5 Å². The molecule has 5 rings (SSSR count). The van der Waals surface area contributed by atoms with E-state index in [0.717, 1.165) is 30.8 Å². The number of carbonyl (C=O) groups excluding carboxylic acids is 2. The molecule has 3 aromatic heterocycles. The molecule has 0 saturated carbocycles. The Morgan fingerprint density at radius 2 is 1.82 bits per heavy atom. The minimum absolute atomic E-state index is 0.0685. The maximum Gasteiger partial charge on any atom is 0.348 e. The van der Waals surface area contributed by atoms with Gasteiger partial charge in [0, 0.05) is 28.3 Å². The lowest BCUT2D eigenvalue weighted by molar-refractivity contribution is -0.605. The maximum absolute atomic E-state index is 13.6. The van der Waals surface area contributed by atoms with Gasteiger partial charge in [0.25, 0.3) is 0 Å². The fourth-order valence-electron chi connectivity index (χ4n) is 5.72. The van der Waals surface area contributed by atoms with Gasteiger partial charge in [-0.05, 0) is 80.2 Å². The Bertz CT molecular complexity index is 1740. The molecule has 50 heavy (non-hydrogen) atoms. The van der Waals surface area contributed by atoms with Crippen LogP contribution in [0.25, 0.3) is 0 Å². The van der Waals surface area contributed by atoms with Gasteiger partial charge in [-0.15, -0.1) is 22.7 Å². The second kappa shape index (κ2) is 17.2. The molecular formula is C35H39Cl2N3O8S2. The van der Waals surface area contributed by atoms with Gasteiger partial charge in [-0.3, -0.25) is 5.32 Å². The Hall–Kier alpha value is -3.43. The molecule has 2 unspecified atom stereocenters. The number of aromatic nitrogens is 1. The highest BCUT2D eigenvalue weighted by atomic mass is 35.5. The van der Waals surface area contributed by atoms with Crippen molar-refractivity contribution >= 4 is 57.8 Å². The Morgan fingerprint density at radius 3 is 2.46 bits per heavy atom. The van der Waals surface area contributed by atoms with E-state index < -0.39 is 30.2 Å². The number of thiophene rings is 2. The summed E-state index contributed by atoms with van der Waals surface area (Å²) in [6, 6.07) is 12.2. The number of rotatable bonds is 15. The van der Waals surface area contributed by atoms with Gasteiger partial charge in [0.05, 0.1) is 27.4 Å². The first-order chi connectivity index (χ1) is 24.1. The lowest BCUT2D eigenvalue weighted by Crippen LogP contribution is -2.52. The SMILES string of the molecule is COc1ccc(C(Cc2c(Cl)c[n+]([O-])cc2Cl)OC(=O)c2ccc(CNC(CO)(C(=O)OCC3CCN(C)CC3)c3cccs3)s2)cc1OC. The van der Waals surface area contributed by atoms with Crippen LogP contribution >= 0.6 is 45.9 Å². The second-order valence-electron chi connectivity index (χ2n) is 12.0. The van der Waals surface area contributed by atoms with E-state index in [1.807, 2.05) is 11.4 Å². The van der Waals surface area contributed by atoms with E-state index in [9.17, 15) is 19.9 Å². The summed E-state index contributed by atoms with van der Waals surface area (Å²) in [5.74, 6) is 0.0391. The molecule has 0 radical (unpaired) electrons. The third kappa shape index (κ3) is 8.89. The molecule has 1 saturated heterocycles. The number of ether oxygens (including phenoxy) is 4. The Morgan fingerprint density at radius 1 is 1.10 bits per heavy atom. The molecule has 1 aromatic carbocycles. The average Bonchev–Trinajstić information content (AvgIpc) is 3.83. The highest BCUT2D eigenvalue weighted by Gasteiger charge is 2.43. The first-order valence-corrected chi connectivity index (χ1v) is 18.4. The molecule has 0 amide bonds. The number of methoxy groups -OCH3 is 2. The first kappa shape index (κ1) is 37.8. The van der Waals surface area contributed by atoms with Gasteiger partial charge in [0.15, 0.2) is 29.4 Å². The Kier molecular flexibility index (Phi) is 13.0. The number of nitrogens with one attached hydrogen (secondary N) is 1. The molecule has 15 heteroatoms. The molecule has 1 aliphatic heterocycles. The number of aliphatic hydroxyl groups excluding tert-OH is 1. The third-order valence-electron chi connectivity index (χ3n) is 8.72. The van der Waals surface area contributed by atoms with Crippen LogP contribution in [-0.2, 0) is 32.8 Å². The summed E-state index contributed by atoms with van der Waals surface area (Å²) >= 11 is 15.3. The molecular weight excluding hydrogens is 725 g/mol. The van der Waals surface area contributed by atoms with Crippen LogP contribution in [0, 0.1) is 11.1 Å². The lowest BCUT2D eigenvalue weighted by atomic mass is 9.96. The molecule has 268 valence electrons. The number of likely N-dealkylation sites (tertiary alicyclic amines) is 1. The van der Waals surface area contributed by atoms with Gasteiger partial charge in [0.2, 0.25) is 0 Å². The van der Waals surface area contributed by atoms with E-state index in [4.69, 9.17) is 42.1 Å². The summed E-state index contributed by atoms with van der Waals surface area (Å²) in [5.41, 5.74) is -0.456. The zero-order valence-corrected chi connectivity index (χ0v) is 31.0. The Balaban J connectivity index is 1.33. The molecule has 0 spiro atoms. The maximum atomic E-state index is 13.6. The van der Waals surface area contributed by atoms with Crippen LogP contribution in [0.1, 0.15) is 49.5 Å². The third-order valence-corrected chi connectivity index (χ3v) is 11.5. The monoisotopic (exact) mass is 763 g/mol. The zero-order valence-electron chi connectivity index (χ0n) is 27.9. The number of nitrogens with zero attached hydrogens (tertiary/aromatic N) is 2. The number of hydrogen-bond donors (Lipinski definition) is 2. The molecule has 0 aliphatic carbocycles. The van der Waals surface area contributed by atoms with Crippen molar-refractivity contribution < 1.29 is 38.4 Å². The molecule has 2 N–H and O–H groups in total. The number of aliphatic hydroxyl groups is 1. The quantitative estimate of drug-likeness (QED) is 0.0874. The number of piperidine rings is 1. The fourth-order valence-corrected chi connectivity index (χ4v) is 8.04. The number of benzene rings is 1. The minimum Gasteiger partial charge on any atom is -0.619 e. The molecule has 1 fully saturated rings. The van der Waals surface area contributed by atoms with Crippen LogP contribution in [0.3, 0.4) is 0 Å². The van der Waals surface area contributed by atoms with Gasteiger partial charge < -0.3 is 34.2 Å². The number of carbonyl (C=O) groups is 2. The van der Waals surface area contributed by atoms with E-state index >= 15 is 0 Å². The molecule has 11 nitrogen and oxygen atoms in total. The summed E-state index contributed by atoms with van der Waals surface area (Å²) in [6.45, 7) is 1.84. The molecule has 0 bridgehead atoms. The van der Waals surface area contributed by atoms with E-state index in [2.05, 4.69) is 17.3 Å². The fraction of sp³-hybridized carbons (Fsp3) is 0.400. The number of hydrogen-bond acceptors (Lipinski definition) is 12. The predicted octanol–water partition coefficient (Wildman–Crippen LogP) is 5.77. The summed E-state index contributed by atoms with van der Waals surface area (Å²) in [7, 11) is 5.10. The van der Waals surface area contributed by atoms with Crippen molar-refractivity contribution in [2.24, 2.45) is 5.92 Å². The standard InChI is InChI=1S/C35H39Cl2N3O8S2/c1-39-12-10-22(11-13-39)20-47-34(43)35(21-41,32-5-4-14-49-32)38-17-24-7-9-31(50-24)33(42)48-29(16-25-26(36)18-40(44)19-27(25)37)23-6-8-28(45-2)30(15-23)46-3/h4-9,14-15,18-19,22,29,38,41H,10-13,16-17,20-21H2,1-3H3. The van der Waals surface area contributed by atoms with E-state index in [0.29, 0.717) is 37.1 Å². The lowest BCUT2D eigenvalue weighted by Gasteiger charge is -2.32. The van der Waals surface area contributed by atoms with Crippen molar-refractivity contribution in [3.05, 3.63) is 101 Å². The molecule has 1 aliphatic rings. The second-order valence-corrected chi connectivity index (χ2v) is 14.9. The van der Waals surface area contributed by atoms with E-state index in [1.165, 1.54) is 49.3 Å². The van der Waals surface area contributed by atoms with Crippen molar-refractivity contribution in [1.82, 2.24) is 10.2 Å². The summed E-state index contributed by atoms with van der Waals surface area (Å²) in [5, 5.41) is 27.8. The highest BCUT2D eigenvalue weighted by molar-refractivity contribution is 7.14.